The first kappa shape index (κ1) is 14.4. The van der Waals surface area contributed by atoms with Gasteiger partial charge in [0.1, 0.15) is 0 Å². The molecule has 4 nitrogen and oxygen atoms in total. The molecule has 0 fully saturated rings. The Morgan fingerprint density at radius 3 is 2.60 bits per heavy atom. The van der Waals surface area contributed by atoms with Gasteiger partial charge in [-0.25, -0.2) is 0 Å². The van der Waals surface area contributed by atoms with Crippen LogP contribution in [0.4, 0.5) is 5.69 Å². The number of hydrazine groups is 1. The summed E-state index contributed by atoms with van der Waals surface area (Å²) in [6.45, 7) is 0.555. The second-order valence-corrected chi connectivity index (χ2v) is 4.76. The van der Waals surface area contributed by atoms with E-state index in [4.69, 9.17) is 17.4 Å². The number of hydrogen-bond donors (Lipinski definition) is 3. The van der Waals surface area contributed by atoms with E-state index in [-0.39, 0.29) is 5.91 Å². The summed E-state index contributed by atoms with van der Waals surface area (Å²) in [5, 5.41) is 3.35. The highest BCUT2D eigenvalue weighted by Gasteiger charge is 2.11. The third-order valence-electron chi connectivity index (χ3n) is 2.92. The second-order valence-electron chi connectivity index (χ2n) is 4.33. The molecule has 2 rings (SSSR count). The lowest BCUT2D eigenvalue weighted by molar-refractivity contribution is 0.0955. The number of amides is 1. The van der Waals surface area contributed by atoms with E-state index in [0.717, 1.165) is 6.42 Å². The fourth-order valence-corrected chi connectivity index (χ4v) is 2.06. The van der Waals surface area contributed by atoms with Crippen molar-refractivity contribution in [2.45, 2.75) is 6.42 Å². The maximum absolute atomic E-state index is 12.1. The number of nitrogens with one attached hydrogen (secondary N) is 2. The van der Waals surface area contributed by atoms with Gasteiger partial charge in [-0.05, 0) is 30.2 Å². The van der Waals surface area contributed by atoms with Gasteiger partial charge in [0.25, 0.3) is 5.91 Å². The monoisotopic (exact) mass is 289 g/mol. The maximum Gasteiger partial charge on any atom is 0.253 e. The summed E-state index contributed by atoms with van der Waals surface area (Å²) < 4.78 is 0. The van der Waals surface area contributed by atoms with Crippen molar-refractivity contribution in [3.63, 3.8) is 0 Å². The van der Waals surface area contributed by atoms with Crippen LogP contribution in [-0.4, -0.2) is 12.5 Å². The minimum Gasteiger partial charge on any atom is -0.352 e. The molecule has 0 aliphatic heterocycles. The molecule has 0 atom stereocenters. The molecule has 20 heavy (non-hydrogen) atoms. The van der Waals surface area contributed by atoms with Crippen LogP contribution in [0, 0.1) is 0 Å². The van der Waals surface area contributed by atoms with Crippen molar-refractivity contribution >= 4 is 23.2 Å². The molecular formula is C15H16ClN3O. The molecule has 0 bridgehead atoms. The third kappa shape index (κ3) is 3.73. The Bertz CT molecular complexity index is 587. The van der Waals surface area contributed by atoms with Crippen molar-refractivity contribution in [1.29, 1.82) is 0 Å². The first-order valence-electron chi connectivity index (χ1n) is 6.29. The van der Waals surface area contributed by atoms with Crippen molar-refractivity contribution in [1.82, 2.24) is 5.32 Å². The van der Waals surface area contributed by atoms with Gasteiger partial charge in [-0.15, -0.1) is 0 Å². The third-order valence-corrected chi connectivity index (χ3v) is 3.16. The highest BCUT2D eigenvalue weighted by atomic mass is 35.5. The van der Waals surface area contributed by atoms with Gasteiger partial charge in [-0.3, -0.25) is 10.6 Å². The smallest absolute Gasteiger partial charge is 0.253 e. The van der Waals surface area contributed by atoms with Gasteiger partial charge in [0.15, 0.2) is 0 Å². The number of carbonyl (C=O) groups excluding carboxylic acids is 1. The van der Waals surface area contributed by atoms with Crippen molar-refractivity contribution in [3.8, 4) is 0 Å². The van der Waals surface area contributed by atoms with Gasteiger partial charge < -0.3 is 10.7 Å². The summed E-state index contributed by atoms with van der Waals surface area (Å²) in [6, 6.07) is 14.9. The van der Waals surface area contributed by atoms with Crippen molar-refractivity contribution in [3.05, 3.63) is 64.7 Å². The van der Waals surface area contributed by atoms with E-state index in [9.17, 15) is 4.79 Å². The number of benzene rings is 2. The Morgan fingerprint density at radius 1 is 1.15 bits per heavy atom. The Balaban J connectivity index is 1.97. The predicted octanol–water partition coefficient (Wildman–Crippen LogP) is 2.60. The molecular weight excluding hydrogens is 274 g/mol. The Morgan fingerprint density at radius 2 is 1.90 bits per heavy atom. The lowest BCUT2D eigenvalue weighted by Crippen LogP contribution is -2.27. The lowest BCUT2D eigenvalue weighted by atomic mass is 10.1. The minimum atomic E-state index is -0.198. The van der Waals surface area contributed by atoms with Gasteiger partial charge in [0.05, 0.1) is 11.3 Å². The van der Waals surface area contributed by atoms with Crippen molar-refractivity contribution < 1.29 is 4.79 Å². The normalized spacial score (nSPS) is 10.1. The van der Waals surface area contributed by atoms with E-state index >= 15 is 0 Å². The van der Waals surface area contributed by atoms with E-state index in [1.807, 2.05) is 30.3 Å². The van der Waals surface area contributed by atoms with E-state index < -0.39 is 0 Å². The number of nitrogen functional groups attached to an aromatic ring is 1. The summed E-state index contributed by atoms with van der Waals surface area (Å²) in [6.07, 6.45) is 0.776. The number of anilines is 1. The van der Waals surface area contributed by atoms with Crippen LogP contribution in [0.25, 0.3) is 0 Å². The quantitative estimate of drug-likeness (QED) is 0.585. The molecule has 0 aliphatic rings. The molecule has 1 amide bonds. The predicted molar refractivity (Wildman–Crippen MR) is 81.7 cm³/mol. The highest BCUT2D eigenvalue weighted by Crippen LogP contribution is 2.19. The summed E-state index contributed by atoms with van der Waals surface area (Å²) >= 11 is 5.90. The van der Waals surface area contributed by atoms with E-state index in [2.05, 4.69) is 10.7 Å². The fourth-order valence-electron chi connectivity index (χ4n) is 1.89. The van der Waals surface area contributed by atoms with Crippen LogP contribution in [0.1, 0.15) is 15.9 Å². The number of halogens is 1. The molecule has 0 unspecified atom stereocenters. The van der Waals surface area contributed by atoms with Crippen molar-refractivity contribution in [2.24, 2.45) is 5.84 Å². The number of hydrogen-bond acceptors (Lipinski definition) is 3. The van der Waals surface area contributed by atoms with E-state index in [0.29, 0.717) is 22.8 Å². The van der Waals surface area contributed by atoms with Crippen molar-refractivity contribution in [2.75, 3.05) is 12.0 Å². The Labute approximate surface area is 122 Å². The molecule has 0 spiro atoms. The Hall–Kier alpha value is -2.04. The van der Waals surface area contributed by atoms with Gasteiger partial charge in [-0.1, -0.05) is 41.9 Å². The zero-order valence-electron chi connectivity index (χ0n) is 10.9. The highest BCUT2D eigenvalue weighted by molar-refractivity contribution is 6.31. The molecule has 2 aromatic carbocycles. The first-order chi connectivity index (χ1) is 9.70. The van der Waals surface area contributed by atoms with Gasteiger partial charge in [-0.2, -0.15) is 0 Å². The van der Waals surface area contributed by atoms with Crippen LogP contribution < -0.4 is 16.6 Å². The molecule has 2 aromatic rings. The van der Waals surface area contributed by atoms with Gasteiger partial charge >= 0.3 is 0 Å². The van der Waals surface area contributed by atoms with Crippen LogP contribution in [-0.2, 0) is 6.42 Å². The zero-order valence-corrected chi connectivity index (χ0v) is 11.7. The largest absolute Gasteiger partial charge is 0.352 e. The van der Waals surface area contributed by atoms with Crippen LogP contribution in [0.15, 0.2) is 48.5 Å². The molecule has 104 valence electrons. The number of nitrogens with two attached hydrogens (primary N) is 1. The fraction of sp³-hybridized carbons (Fsp3) is 0.133. The summed E-state index contributed by atoms with van der Waals surface area (Å²) in [5.74, 6) is 5.19. The maximum atomic E-state index is 12.1. The number of carbonyl (C=O) groups is 1. The van der Waals surface area contributed by atoms with Crippen LogP contribution >= 0.6 is 11.6 Å². The standard InChI is InChI=1S/C15H16ClN3O/c16-12-6-7-14(19-17)13(10-12)15(20)18-9-8-11-4-2-1-3-5-11/h1-7,10,19H,8-9,17H2,(H,18,20). The van der Waals surface area contributed by atoms with Gasteiger partial charge in [0, 0.05) is 11.6 Å². The van der Waals surface area contributed by atoms with Crippen LogP contribution in [0.3, 0.4) is 0 Å². The molecule has 0 saturated carbocycles. The molecule has 5 heteroatoms. The first-order valence-corrected chi connectivity index (χ1v) is 6.67. The van der Waals surface area contributed by atoms with Crippen LogP contribution in [0.2, 0.25) is 5.02 Å². The molecule has 0 aliphatic carbocycles. The molecule has 4 N–H and O–H groups in total. The topological polar surface area (TPSA) is 67.1 Å². The van der Waals surface area contributed by atoms with Gasteiger partial charge in [0.2, 0.25) is 0 Å². The SMILES string of the molecule is NNc1ccc(Cl)cc1C(=O)NCCc1ccccc1. The molecule has 0 heterocycles. The average Bonchev–Trinajstić information content (AvgIpc) is 2.48. The lowest BCUT2D eigenvalue weighted by Gasteiger charge is -2.10. The average molecular weight is 290 g/mol. The molecule has 0 aromatic heterocycles. The minimum absolute atomic E-state index is 0.198. The molecule has 0 radical (unpaired) electrons. The number of rotatable bonds is 5. The summed E-state index contributed by atoms with van der Waals surface area (Å²) in [5.41, 5.74) is 4.66. The zero-order chi connectivity index (χ0) is 14.4. The van der Waals surface area contributed by atoms with E-state index in [1.165, 1.54) is 5.56 Å². The second kappa shape index (κ2) is 6.93. The van der Waals surface area contributed by atoms with E-state index in [1.54, 1.807) is 18.2 Å². The summed E-state index contributed by atoms with van der Waals surface area (Å²) in [4.78, 5) is 12.1. The summed E-state index contributed by atoms with van der Waals surface area (Å²) in [7, 11) is 0. The van der Waals surface area contributed by atoms with Crippen LogP contribution in [0.5, 0.6) is 0 Å². The molecule has 0 saturated heterocycles. The Kier molecular flexibility index (Phi) is 4.98.